The van der Waals surface area contributed by atoms with E-state index in [4.69, 9.17) is 5.73 Å². The number of nitrogens with one attached hydrogen (secondary N) is 1. The lowest BCUT2D eigenvalue weighted by molar-refractivity contribution is 0.766. The Morgan fingerprint density at radius 3 is 2.81 bits per heavy atom. The molecule has 0 amide bonds. The van der Waals surface area contributed by atoms with E-state index >= 15 is 0 Å². The number of aryl methyl sites for hydroxylation is 1. The minimum absolute atomic E-state index is 0.220. The maximum Gasteiger partial charge on any atom is 0.343 e. The summed E-state index contributed by atoms with van der Waals surface area (Å²) < 4.78 is 1.46. The van der Waals surface area contributed by atoms with Crippen LogP contribution in [-0.2, 0) is 7.05 Å². The van der Waals surface area contributed by atoms with Crippen molar-refractivity contribution < 1.29 is 0 Å². The number of benzene rings is 1. The molecule has 1 aromatic carbocycles. The van der Waals surface area contributed by atoms with Gasteiger partial charge in [-0.25, -0.2) is 9.89 Å². The number of anilines is 1. The lowest BCUT2D eigenvalue weighted by Gasteiger charge is -2.03. The molecule has 6 heteroatoms. The Morgan fingerprint density at radius 1 is 1.50 bits per heavy atom. The average Bonchev–Trinajstić information content (AvgIpc) is 2.55. The number of nitrogens with zero attached hydrogens (tertiary/aromatic N) is 2. The second kappa shape index (κ2) is 4.05. The number of hydrogen-bond donors (Lipinski definition) is 2. The fourth-order valence-corrected chi connectivity index (χ4v) is 2.06. The van der Waals surface area contributed by atoms with Gasteiger partial charge < -0.3 is 5.73 Å². The monoisotopic (exact) mass is 236 g/mol. The summed E-state index contributed by atoms with van der Waals surface area (Å²) in [5.41, 5.74) is 7.37. The van der Waals surface area contributed by atoms with Crippen molar-refractivity contribution >= 4 is 17.4 Å². The van der Waals surface area contributed by atoms with E-state index in [1.807, 2.05) is 25.1 Å². The van der Waals surface area contributed by atoms with Crippen molar-refractivity contribution in [1.82, 2.24) is 14.8 Å². The number of rotatable bonds is 2. The minimum Gasteiger partial charge on any atom is -0.398 e. The summed E-state index contributed by atoms with van der Waals surface area (Å²) in [5.74, 6) is 0. The van der Waals surface area contributed by atoms with Gasteiger partial charge in [0.2, 0.25) is 0 Å². The summed E-state index contributed by atoms with van der Waals surface area (Å²) >= 11 is 1.40. The van der Waals surface area contributed by atoms with Gasteiger partial charge in [-0.1, -0.05) is 6.07 Å². The Morgan fingerprint density at radius 2 is 2.25 bits per heavy atom. The first-order chi connectivity index (χ1) is 7.58. The molecule has 0 aliphatic heterocycles. The summed E-state index contributed by atoms with van der Waals surface area (Å²) in [7, 11) is 1.67. The zero-order valence-corrected chi connectivity index (χ0v) is 9.84. The molecular formula is C10H12N4OS. The summed E-state index contributed by atoms with van der Waals surface area (Å²) in [4.78, 5) is 12.1. The molecule has 0 atom stereocenters. The maximum atomic E-state index is 11.2. The number of aromatic nitrogens is 3. The van der Waals surface area contributed by atoms with E-state index in [1.165, 1.54) is 16.3 Å². The average molecular weight is 236 g/mol. The molecule has 1 heterocycles. The lowest BCUT2D eigenvalue weighted by atomic mass is 10.2. The topological polar surface area (TPSA) is 76.7 Å². The van der Waals surface area contributed by atoms with E-state index in [0.29, 0.717) is 5.16 Å². The summed E-state index contributed by atoms with van der Waals surface area (Å²) in [6.45, 7) is 1.95. The van der Waals surface area contributed by atoms with Crippen LogP contribution in [0.4, 0.5) is 5.69 Å². The van der Waals surface area contributed by atoms with E-state index in [1.54, 1.807) is 7.05 Å². The maximum absolute atomic E-state index is 11.2. The largest absolute Gasteiger partial charge is 0.398 e. The molecule has 5 nitrogen and oxygen atoms in total. The van der Waals surface area contributed by atoms with Crippen molar-refractivity contribution in [2.75, 3.05) is 5.73 Å². The van der Waals surface area contributed by atoms with Gasteiger partial charge in [0.15, 0.2) is 5.16 Å². The van der Waals surface area contributed by atoms with Crippen LogP contribution in [0.15, 0.2) is 33.0 Å². The number of nitrogens with two attached hydrogens (primary N) is 1. The molecule has 84 valence electrons. The fourth-order valence-electron chi connectivity index (χ4n) is 1.21. The first-order valence-electron chi connectivity index (χ1n) is 4.73. The molecule has 0 bridgehead atoms. The molecular weight excluding hydrogens is 224 g/mol. The number of aromatic amines is 1. The normalized spacial score (nSPS) is 10.6. The first kappa shape index (κ1) is 10.8. The van der Waals surface area contributed by atoms with Crippen molar-refractivity contribution in [3.05, 3.63) is 34.2 Å². The number of hydrogen-bond acceptors (Lipinski definition) is 4. The third-order valence-electron chi connectivity index (χ3n) is 2.30. The Labute approximate surface area is 96.7 Å². The molecule has 1 aromatic heterocycles. The summed E-state index contributed by atoms with van der Waals surface area (Å²) in [5, 5.41) is 6.92. The highest BCUT2D eigenvalue weighted by molar-refractivity contribution is 7.99. The van der Waals surface area contributed by atoms with Crippen molar-refractivity contribution in [1.29, 1.82) is 0 Å². The highest BCUT2D eigenvalue weighted by atomic mass is 32.2. The second-order valence-corrected chi connectivity index (χ2v) is 4.53. The van der Waals surface area contributed by atoms with Gasteiger partial charge in [0.1, 0.15) is 0 Å². The van der Waals surface area contributed by atoms with Crippen molar-refractivity contribution in [2.24, 2.45) is 7.05 Å². The highest BCUT2D eigenvalue weighted by Gasteiger charge is 2.06. The van der Waals surface area contributed by atoms with Gasteiger partial charge in [0.05, 0.1) is 0 Å². The lowest BCUT2D eigenvalue weighted by Crippen LogP contribution is -2.12. The molecule has 2 aromatic rings. The van der Waals surface area contributed by atoms with Crippen molar-refractivity contribution in [3.8, 4) is 0 Å². The molecule has 2 rings (SSSR count). The predicted octanol–water partition coefficient (Wildman–Crippen LogP) is 1.15. The van der Waals surface area contributed by atoms with Crippen LogP contribution in [0.25, 0.3) is 0 Å². The zero-order valence-electron chi connectivity index (χ0n) is 9.02. The molecule has 0 radical (unpaired) electrons. The van der Waals surface area contributed by atoms with E-state index in [-0.39, 0.29) is 5.69 Å². The molecule has 0 saturated carbocycles. The van der Waals surface area contributed by atoms with Gasteiger partial charge in [-0.2, -0.15) is 0 Å². The van der Waals surface area contributed by atoms with Crippen LogP contribution in [0.2, 0.25) is 0 Å². The summed E-state index contributed by atoms with van der Waals surface area (Å²) in [6, 6.07) is 5.77. The Hall–Kier alpha value is -1.69. The third kappa shape index (κ3) is 1.96. The van der Waals surface area contributed by atoms with Crippen molar-refractivity contribution in [3.63, 3.8) is 0 Å². The van der Waals surface area contributed by atoms with Crippen LogP contribution < -0.4 is 11.4 Å². The van der Waals surface area contributed by atoms with Gasteiger partial charge in [0, 0.05) is 17.6 Å². The van der Waals surface area contributed by atoms with Crippen LogP contribution in [0, 0.1) is 6.92 Å². The van der Waals surface area contributed by atoms with Gasteiger partial charge in [-0.15, -0.1) is 5.10 Å². The van der Waals surface area contributed by atoms with Crippen LogP contribution in [0.3, 0.4) is 0 Å². The van der Waals surface area contributed by atoms with Gasteiger partial charge >= 0.3 is 5.69 Å². The van der Waals surface area contributed by atoms with E-state index in [2.05, 4.69) is 10.2 Å². The smallest absolute Gasteiger partial charge is 0.343 e. The van der Waals surface area contributed by atoms with Gasteiger partial charge in [0.25, 0.3) is 0 Å². The van der Waals surface area contributed by atoms with Gasteiger partial charge in [-0.05, 0) is 36.4 Å². The zero-order chi connectivity index (χ0) is 11.7. The van der Waals surface area contributed by atoms with Crippen LogP contribution in [0.1, 0.15) is 5.56 Å². The number of nitrogen functional groups attached to an aromatic ring is 1. The standard InChI is InChI=1S/C10H12N4OS/c1-6-3-4-7(5-8(6)11)16-10-13-12-9(15)14(10)2/h3-5H,11H2,1-2H3,(H,12,15). The molecule has 0 spiro atoms. The molecule has 16 heavy (non-hydrogen) atoms. The van der Waals surface area contributed by atoms with E-state index in [9.17, 15) is 4.79 Å². The quantitative estimate of drug-likeness (QED) is 0.767. The molecule has 0 saturated heterocycles. The van der Waals surface area contributed by atoms with Crippen LogP contribution in [0.5, 0.6) is 0 Å². The Balaban J connectivity index is 2.31. The second-order valence-electron chi connectivity index (χ2n) is 3.49. The minimum atomic E-state index is -0.220. The SMILES string of the molecule is Cc1ccc(Sc2n[nH]c(=O)n2C)cc1N. The van der Waals surface area contributed by atoms with E-state index < -0.39 is 0 Å². The number of H-pyrrole nitrogens is 1. The molecule has 0 aliphatic carbocycles. The first-order valence-corrected chi connectivity index (χ1v) is 5.55. The summed E-state index contributed by atoms with van der Waals surface area (Å²) in [6.07, 6.45) is 0. The molecule has 0 aliphatic rings. The third-order valence-corrected chi connectivity index (χ3v) is 3.34. The molecule has 3 N–H and O–H groups in total. The van der Waals surface area contributed by atoms with Crippen LogP contribution >= 0.6 is 11.8 Å². The Kier molecular flexibility index (Phi) is 2.74. The fraction of sp³-hybridized carbons (Fsp3) is 0.200. The van der Waals surface area contributed by atoms with E-state index in [0.717, 1.165) is 16.1 Å². The molecule has 0 fully saturated rings. The van der Waals surface area contributed by atoms with Gasteiger partial charge in [-0.3, -0.25) is 4.57 Å². The van der Waals surface area contributed by atoms with Crippen LogP contribution in [-0.4, -0.2) is 14.8 Å². The highest BCUT2D eigenvalue weighted by Crippen LogP contribution is 2.27. The molecule has 0 unspecified atom stereocenters. The van der Waals surface area contributed by atoms with Crippen molar-refractivity contribution in [2.45, 2.75) is 17.0 Å². The predicted molar refractivity (Wildman–Crippen MR) is 63.5 cm³/mol. The Bertz CT molecular complexity index is 572.